The summed E-state index contributed by atoms with van der Waals surface area (Å²) in [6.45, 7) is 0. The van der Waals surface area contributed by atoms with Crippen molar-refractivity contribution >= 4 is 65.4 Å². The van der Waals surface area contributed by atoms with Crippen LogP contribution in [-0.4, -0.2) is 9.55 Å². The molecule has 0 bridgehead atoms. The second-order valence-corrected chi connectivity index (χ2v) is 13.5. The normalized spacial score (nSPS) is 11.8. The average molecular weight is 663 g/mol. The first-order valence-corrected chi connectivity index (χ1v) is 17.7. The number of hydrogen-bond acceptors (Lipinski definition) is 2. The number of para-hydroxylation sites is 2. The van der Waals surface area contributed by atoms with Gasteiger partial charge in [-0.15, -0.1) is 0 Å². The summed E-state index contributed by atoms with van der Waals surface area (Å²) in [7, 11) is 0. The summed E-state index contributed by atoms with van der Waals surface area (Å²) in [5.41, 5.74) is 12.9. The Morgan fingerprint density at radius 1 is 0.404 bits per heavy atom. The Bertz CT molecular complexity index is 3150. The molecule has 0 aliphatic rings. The second-order valence-electron chi connectivity index (χ2n) is 13.5. The topological polar surface area (TPSA) is 31.0 Å². The van der Waals surface area contributed by atoms with E-state index >= 15 is 0 Å². The number of fused-ring (bicyclic) bond motifs is 10. The quantitative estimate of drug-likeness (QED) is 0.188. The van der Waals surface area contributed by atoms with Gasteiger partial charge in [-0.1, -0.05) is 127 Å². The minimum absolute atomic E-state index is 0.849. The number of hydrogen-bond donors (Lipinski definition) is 0. The molecule has 0 saturated carbocycles. The molecule has 0 amide bonds. The van der Waals surface area contributed by atoms with Crippen LogP contribution in [0.25, 0.3) is 105 Å². The first-order valence-electron chi connectivity index (χ1n) is 17.7. The summed E-state index contributed by atoms with van der Waals surface area (Å²) in [6, 6.07) is 64.9. The van der Waals surface area contributed by atoms with Crippen molar-refractivity contribution in [1.82, 2.24) is 9.55 Å². The van der Waals surface area contributed by atoms with E-state index in [1.165, 1.54) is 43.7 Å². The highest BCUT2D eigenvalue weighted by atomic mass is 16.3. The Morgan fingerprint density at radius 2 is 1.06 bits per heavy atom. The van der Waals surface area contributed by atoms with Crippen LogP contribution in [0.4, 0.5) is 0 Å². The molecular formula is C49H30N2O. The van der Waals surface area contributed by atoms with Crippen molar-refractivity contribution in [2.24, 2.45) is 0 Å². The van der Waals surface area contributed by atoms with Gasteiger partial charge >= 0.3 is 0 Å². The summed E-state index contributed by atoms with van der Waals surface area (Å²) in [6.07, 6.45) is 0. The van der Waals surface area contributed by atoms with Crippen LogP contribution >= 0.6 is 0 Å². The van der Waals surface area contributed by atoms with Gasteiger partial charge in [0.25, 0.3) is 0 Å². The van der Waals surface area contributed by atoms with Crippen LogP contribution in [0.2, 0.25) is 0 Å². The monoisotopic (exact) mass is 662 g/mol. The molecule has 0 atom stereocenters. The third kappa shape index (κ3) is 4.36. The smallest absolute Gasteiger partial charge is 0.137 e. The predicted molar refractivity (Wildman–Crippen MR) is 217 cm³/mol. The summed E-state index contributed by atoms with van der Waals surface area (Å²) in [5, 5.41) is 8.14. The number of nitrogens with zero attached hydrogens (tertiary/aromatic N) is 2. The molecule has 242 valence electrons. The molecule has 0 aliphatic heterocycles. The molecule has 0 fully saturated rings. The average Bonchev–Trinajstić information content (AvgIpc) is 3.77. The standard InChI is InChI=1S/C49H30N2O/c1-3-11-32(12-4-1)40-30-42(50-49-39(40)25-28-46-48(49)47-37-16-8-7-13-33(37)24-27-45(47)52-46)34-21-19-31(20-22-34)35-23-26-44-41(29-35)38-17-9-10-18-43(38)51(44)36-14-5-2-6-15-36/h1-30H. The van der Waals surface area contributed by atoms with E-state index in [2.05, 4.69) is 187 Å². The number of furan rings is 1. The van der Waals surface area contributed by atoms with Gasteiger partial charge < -0.3 is 8.98 Å². The molecule has 0 radical (unpaired) electrons. The van der Waals surface area contributed by atoms with Crippen molar-refractivity contribution in [3.05, 3.63) is 182 Å². The van der Waals surface area contributed by atoms with Crippen molar-refractivity contribution < 1.29 is 4.42 Å². The fourth-order valence-corrected chi connectivity index (χ4v) is 8.16. The van der Waals surface area contributed by atoms with E-state index in [1.54, 1.807) is 0 Å². The third-order valence-electron chi connectivity index (χ3n) is 10.6. The Labute approximate surface area is 299 Å². The Balaban J connectivity index is 1.09. The highest BCUT2D eigenvalue weighted by molar-refractivity contribution is 6.26. The molecule has 0 N–H and O–H groups in total. The van der Waals surface area contributed by atoms with E-state index in [-0.39, 0.29) is 0 Å². The highest BCUT2D eigenvalue weighted by Gasteiger charge is 2.19. The molecule has 3 heteroatoms. The van der Waals surface area contributed by atoms with E-state index in [1.807, 2.05) is 0 Å². The number of rotatable bonds is 4. The van der Waals surface area contributed by atoms with Gasteiger partial charge in [0.05, 0.1) is 27.6 Å². The molecule has 11 rings (SSSR count). The van der Waals surface area contributed by atoms with Crippen LogP contribution in [0.5, 0.6) is 0 Å². The second kappa shape index (κ2) is 11.3. The summed E-state index contributed by atoms with van der Waals surface area (Å²) < 4.78 is 8.82. The highest BCUT2D eigenvalue weighted by Crippen LogP contribution is 2.42. The first kappa shape index (κ1) is 28.8. The zero-order valence-electron chi connectivity index (χ0n) is 28.1. The van der Waals surface area contributed by atoms with Crippen molar-refractivity contribution in [3.8, 4) is 39.2 Å². The van der Waals surface area contributed by atoms with E-state index in [0.29, 0.717) is 0 Å². The Kier molecular flexibility index (Phi) is 6.25. The maximum Gasteiger partial charge on any atom is 0.137 e. The molecule has 3 aromatic heterocycles. The minimum Gasteiger partial charge on any atom is -0.456 e. The molecule has 3 heterocycles. The zero-order chi connectivity index (χ0) is 34.2. The lowest BCUT2D eigenvalue weighted by atomic mass is 9.95. The summed E-state index contributed by atoms with van der Waals surface area (Å²) in [5.74, 6) is 0. The molecule has 0 unspecified atom stereocenters. The Morgan fingerprint density at radius 3 is 1.90 bits per heavy atom. The lowest BCUT2D eigenvalue weighted by molar-refractivity contribution is 0.669. The maximum absolute atomic E-state index is 6.47. The third-order valence-corrected chi connectivity index (χ3v) is 10.6. The summed E-state index contributed by atoms with van der Waals surface area (Å²) >= 11 is 0. The van der Waals surface area contributed by atoms with Crippen molar-refractivity contribution in [2.45, 2.75) is 0 Å². The number of pyridine rings is 1. The van der Waals surface area contributed by atoms with Crippen LogP contribution < -0.4 is 0 Å². The van der Waals surface area contributed by atoms with E-state index in [4.69, 9.17) is 9.40 Å². The van der Waals surface area contributed by atoms with Gasteiger partial charge in [0.15, 0.2) is 0 Å². The summed E-state index contributed by atoms with van der Waals surface area (Å²) in [4.78, 5) is 5.44. The lowest BCUT2D eigenvalue weighted by Gasteiger charge is -2.12. The van der Waals surface area contributed by atoms with Crippen LogP contribution in [-0.2, 0) is 0 Å². The molecule has 0 aliphatic carbocycles. The van der Waals surface area contributed by atoms with Crippen molar-refractivity contribution in [3.63, 3.8) is 0 Å². The number of aromatic nitrogens is 2. The van der Waals surface area contributed by atoms with Crippen molar-refractivity contribution in [1.29, 1.82) is 0 Å². The largest absolute Gasteiger partial charge is 0.456 e. The SMILES string of the molecule is c1ccc(-c2cc(-c3ccc(-c4ccc5c(c4)c4ccccc4n5-c4ccccc4)cc3)nc3c2ccc2oc4ccc5ccccc5c4c23)cc1. The molecular weight excluding hydrogens is 633 g/mol. The molecule has 0 saturated heterocycles. The van der Waals surface area contributed by atoms with Gasteiger partial charge in [-0.2, -0.15) is 0 Å². The van der Waals surface area contributed by atoms with Gasteiger partial charge in [0.2, 0.25) is 0 Å². The zero-order valence-corrected chi connectivity index (χ0v) is 28.1. The fourth-order valence-electron chi connectivity index (χ4n) is 8.16. The first-order chi connectivity index (χ1) is 25.8. The molecule has 11 aromatic rings. The minimum atomic E-state index is 0.849. The molecule has 52 heavy (non-hydrogen) atoms. The van der Waals surface area contributed by atoms with Gasteiger partial charge in [-0.25, -0.2) is 4.98 Å². The molecule has 8 aromatic carbocycles. The van der Waals surface area contributed by atoms with Crippen molar-refractivity contribution in [2.75, 3.05) is 0 Å². The number of benzene rings is 8. The van der Waals surface area contributed by atoms with Crippen LogP contribution in [0, 0.1) is 0 Å². The molecule has 3 nitrogen and oxygen atoms in total. The van der Waals surface area contributed by atoms with Crippen LogP contribution in [0.3, 0.4) is 0 Å². The predicted octanol–water partition coefficient (Wildman–Crippen LogP) is 13.4. The maximum atomic E-state index is 6.47. The van der Waals surface area contributed by atoms with Gasteiger partial charge in [-0.05, 0) is 87.6 Å². The fraction of sp³-hybridized carbons (Fsp3) is 0. The Hall–Kier alpha value is -6.97. The van der Waals surface area contributed by atoms with Gasteiger partial charge in [0, 0.05) is 32.8 Å². The van der Waals surface area contributed by atoms with E-state index in [0.717, 1.165) is 60.9 Å². The molecule has 0 spiro atoms. The van der Waals surface area contributed by atoms with Gasteiger partial charge in [0.1, 0.15) is 11.2 Å². The van der Waals surface area contributed by atoms with Crippen LogP contribution in [0.1, 0.15) is 0 Å². The van der Waals surface area contributed by atoms with Gasteiger partial charge in [-0.3, -0.25) is 0 Å². The van der Waals surface area contributed by atoms with E-state index in [9.17, 15) is 0 Å². The van der Waals surface area contributed by atoms with Crippen LogP contribution in [0.15, 0.2) is 186 Å². The lowest BCUT2D eigenvalue weighted by Crippen LogP contribution is -1.92. The van der Waals surface area contributed by atoms with E-state index < -0.39 is 0 Å².